The summed E-state index contributed by atoms with van der Waals surface area (Å²) >= 11 is 0. The molecule has 0 fully saturated rings. The second-order valence-corrected chi connectivity index (χ2v) is 11.2. The summed E-state index contributed by atoms with van der Waals surface area (Å²) in [5.74, 6) is -0.145. The van der Waals surface area contributed by atoms with Crippen molar-refractivity contribution in [3.63, 3.8) is 0 Å². The minimum atomic E-state index is -4.49. The van der Waals surface area contributed by atoms with Crippen LogP contribution >= 0.6 is 0 Å². The molecule has 0 aliphatic carbocycles. The Kier molecular flexibility index (Phi) is 14.1. The highest BCUT2D eigenvalue weighted by molar-refractivity contribution is 7.86. The Labute approximate surface area is 218 Å². The summed E-state index contributed by atoms with van der Waals surface area (Å²) in [6.45, 7) is 4.24. The first-order valence-corrected chi connectivity index (χ1v) is 15.4. The van der Waals surface area contributed by atoms with E-state index in [1.54, 1.807) is 13.0 Å². The minimum absolute atomic E-state index is 0.0532. The van der Waals surface area contributed by atoms with Gasteiger partial charge in [-0.25, -0.2) is 5.01 Å². The number of carbonyl (C=O) groups excluding carboxylic acids is 1. The average molecular weight is 523 g/mol. The molecule has 0 spiro atoms. The highest BCUT2D eigenvalue weighted by atomic mass is 32.2. The van der Waals surface area contributed by atoms with Gasteiger partial charge in [-0.1, -0.05) is 96.8 Å². The fourth-order valence-corrected chi connectivity index (χ4v) is 5.28. The van der Waals surface area contributed by atoms with Gasteiger partial charge in [0, 0.05) is 5.71 Å². The molecule has 0 radical (unpaired) electrons. The van der Waals surface area contributed by atoms with Crippen molar-refractivity contribution in [3.05, 3.63) is 18.2 Å². The van der Waals surface area contributed by atoms with Crippen molar-refractivity contribution in [2.24, 2.45) is 5.10 Å². The lowest BCUT2D eigenvalue weighted by Gasteiger charge is -2.15. The second-order valence-electron chi connectivity index (χ2n) is 9.79. The maximum absolute atomic E-state index is 12.5. The molecule has 1 heterocycles. The summed E-state index contributed by atoms with van der Waals surface area (Å²) in [5, 5.41) is 5.65. The Bertz CT molecular complexity index is 930. The number of carbonyl (C=O) groups is 1. The summed E-state index contributed by atoms with van der Waals surface area (Å²) in [6, 6.07) is 4.26. The summed E-state index contributed by atoms with van der Waals surface area (Å²) in [6.07, 6.45) is 20.7. The lowest BCUT2D eigenvalue weighted by molar-refractivity contribution is -0.116. The van der Waals surface area contributed by atoms with E-state index >= 15 is 0 Å². The van der Waals surface area contributed by atoms with Gasteiger partial charge in [-0.2, -0.15) is 13.5 Å². The predicted molar refractivity (Wildman–Crippen MR) is 147 cm³/mol. The van der Waals surface area contributed by atoms with Crippen LogP contribution in [0.15, 0.2) is 28.2 Å². The first kappa shape index (κ1) is 30.3. The van der Waals surface area contributed by atoms with Crippen molar-refractivity contribution in [3.8, 4) is 5.75 Å². The van der Waals surface area contributed by atoms with Crippen LogP contribution in [-0.2, 0) is 14.9 Å². The third-order valence-electron chi connectivity index (χ3n) is 6.65. The molecule has 1 N–H and O–H groups in total. The van der Waals surface area contributed by atoms with Crippen LogP contribution in [-0.4, -0.2) is 31.2 Å². The normalized spacial score (nSPS) is 13.9. The standard InChI is InChI=1S/C28H46N2O5S/c1-3-5-6-7-8-9-10-11-12-13-14-15-16-17-18-19-24-22-28(31)30(29-24)25-20-21-26(35-4-2)27(23-25)36(32,33)34/h20-21,23H,3-19,22H2,1-2H3,(H,32,33,34). The number of unbranched alkanes of at least 4 members (excludes halogenated alkanes) is 14. The lowest BCUT2D eigenvalue weighted by Crippen LogP contribution is -2.20. The summed E-state index contributed by atoms with van der Waals surface area (Å²) in [4.78, 5) is 12.1. The monoisotopic (exact) mass is 522 g/mol. The fraction of sp³-hybridized carbons (Fsp3) is 0.714. The molecule has 0 atom stereocenters. The van der Waals surface area contributed by atoms with Crippen LogP contribution in [0.3, 0.4) is 0 Å². The van der Waals surface area contributed by atoms with E-state index in [2.05, 4.69) is 12.0 Å². The molecule has 2 rings (SSSR count). The molecule has 0 unspecified atom stereocenters. The van der Waals surface area contributed by atoms with Crippen molar-refractivity contribution < 1.29 is 22.5 Å². The van der Waals surface area contributed by atoms with Gasteiger partial charge in [0.2, 0.25) is 0 Å². The quantitative estimate of drug-likeness (QED) is 0.140. The molecule has 8 heteroatoms. The molecule has 0 saturated heterocycles. The number of hydrazone groups is 1. The van der Waals surface area contributed by atoms with Gasteiger partial charge in [0.15, 0.2) is 0 Å². The molecule has 1 amide bonds. The zero-order valence-corrected chi connectivity index (χ0v) is 23.2. The zero-order chi connectivity index (χ0) is 26.2. The number of nitrogens with zero attached hydrogens (tertiary/aromatic N) is 2. The van der Waals surface area contributed by atoms with Gasteiger partial charge in [-0.15, -0.1) is 0 Å². The van der Waals surface area contributed by atoms with E-state index in [0.717, 1.165) is 25.0 Å². The minimum Gasteiger partial charge on any atom is -0.492 e. The zero-order valence-electron chi connectivity index (χ0n) is 22.3. The lowest BCUT2D eigenvalue weighted by atomic mass is 10.0. The van der Waals surface area contributed by atoms with Gasteiger partial charge < -0.3 is 4.74 Å². The number of ether oxygens (including phenoxy) is 1. The highest BCUT2D eigenvalue weighted by Gasteiger charge is 2.27. The van der Waals surface area contributed by atoms with Crippen LogP contribution in [0.1, 0.15) is 123 Å². The molecule has 0 aromatic heterocycles. The molecular formula is C28H46N2O5S. The molecule has 204 valence electrons. The van der Waals surface area contributed by atoms with Crippen molar-refractivity contribution in [2.75, 3.05) is 11.6 Å². The largest absolute Gasteiger partial charge is 0.492 e. The third-order valence-corrected chi connectivity index (χ3v) is 7.53. The van der Waals surface area contributed by atoms with Crippen molar-refractivity contribution in [1.29, 1.82) is 0 Å². The van der Waals surface area contributed by atoms with Crippen molar-refractivity contribution in [1.82, 2.24) is 0 Å². The van der Waals surface area contributed by atoms with E-state index in [9.17, 15) is 17.8 Å². The van der Waals surface area contributed by atoms with Crippen molar-refractivity contribution in [2.45, 2.75) is 128 Å². The molecule has 0 saturated carbocycles. The predicted octanol–water partition coefficient (Wildman–Crippen LogP) is 7.69. The topological polar surface area (TPSA) is 96.3 Å². The molecule has 36 heavy (non-hydrogen) atoms. The molecule has 7 nitrogen and oxygen atoms in total. The van der Waals surface area contributed by atoms with Crippen LogP contribution in [0, 0.1) is 0 Å². The number of anilines is 1. The SMILES string of the molecule is CCCCCCCCCCCCCCCCCC1=NN(c2ccc(OCC)c(S(=O)(=O)O)c2)C(=O)C1. The van der Waals surface area contributed by atoms with Gasteiger partial charge in [-0.05, 0) is 38.0 Å². The summed E-state index contributed by atoms with van der Waals surface area (Å²) in [7, 11) is -4.49. The maximum atomic E-state index is 12.5. The number of rotatable bonds is 20. The molecule has 1 aromatic rings. The van der Waals surface area contributed by atoms with E-state index in [1.165, 1.54) is 101 Å². The van der Waals surface area contributed by atoms with E-state index in [0.29, 0.717) is 5.69 Å². The van der Waals surface area contributed by atoms with Gasteiger partial charge >= 0.3 is 0 Å². The van der Waals surface area contributed by atoms with Crippen LogP contribution in [0.25, 0.3) is 0 Å². The molecule has 1 aliphatic rings. The Balaban J connectivity index is 1.63. The fourth-order valence-electron chi connectivity index (χ4n) is 4.63. The maximum Gasteiger partial charge on any atom is 0.298 e. The van der Waals surface area contributed by atoms with Crippen LogP contribution in [0.4, 0.5) is 5.69 Å². The smallest absolute Gasteiger partial charge is 0.298 e. The Morgan fingerprint density at radius 2 is 1.39 bits per heavy atom. The molecule has 1 aliphatic heterocycles. The average Bonchev–Trinajstić information content (AvgIpc) is 3.21. The van der Waals surface area contributed by atoms with Gasteiger partial charge in [0.05, 0.1) is 18.7 Å². The molecule has 0 bridgehead atoms. The molecular weight excluding hydrogens is 476 g/mol. The number of hydrogen-bond acceptors (Lipinski definition) is 5. The van der Waals surface area contributed by atoms with E-state index in [4.69, 9.17) is 4.74 Å². The van der Waals surface area contributed by atoms with Crippen LogP contribution < -0.4 is 9.75 Å². The number of hydrogen-bond donors (Lipinski definition) is 1. The first-order valence-electron chi connectivity index (χ1n) is 14.0. The van der Waals surface area contributed by atoms with E-state index in [1.807, 2.05) is 0 Å². The summed E-state index contributed by atoms with van der Waals surface area (Å²) in [5.41, 5.74) is 1.12. The van der Waals surface area contributed by atoms with Crippen molar-refractivity contribution >= 4 is 27.4 Å². The highest BCUT2D eigenvalue weighted by Crippen LogP contribution is 2.31. The number of amides is 1. The Morgan fingerprint density at radius 1 is 0.861 bits per heavy atom. The Hall–Kier alpha value is -1.93. The number of benzene rings is 1. The summed E-state index contributed by atoms with van der Waals surface area (Å²) < 4.78 is 38.3. The van der Waals surface area contributed by atoms with Crippen LogP contribution in [0.5, 0.6) is 5.75 Å². The van der Waals surface area contributed by atoms with Gasteiger partial charge in [0.1, 0.15) is 10.6 Å². The second kappa shape index (κ2) is 16.7. The van der Waals surface area contributed by atoms with Gasteiger partial charge in [0.25, 0.3) is 16.0 Å². The van der Waals surface area contributed by atoms with E-state index < -0.39 is 10.1 Å². The van der Waals surface area contributed by atoms with Crippen LogP contribution in [0.2, 0.25) is 0 Å². The first-order chi connectivity index (χ1) is 17.4. The third kappa shape index (κ3) is 11.0. The molecule has 1 aromatic carbocycles. The van der Waals surface area contributed by atoms with E-state index in [-0.39, 0.29) is 29.6 Å². The van der Waals surface area contributed by atoms with Gasteiger partial charge in [-0.3, -0.25) is 9.35 Å². The Morgan fingerprint density at radius 3 is 1.89 bits per heavy atom.